The molecule has 1 fully saturated rings. The summed E-state index contributed by atoms with van der Waals surface area (Å²) in [6, 6.07) is 5.04. The fourth-order valence-corrected chi connectivity index (χ4v) is 4.44. The Hall–Kier alpha value is 0.140. The van der Waals surface area contributed by atoms with Gasteiger partial charge in [-0.1, -0.05) is 64.5 Å². The van der Waals surface area contributed by atoms with Crippen molar-refractivity contribution in [1.29, 1.82) is 0 Å². The molecule has 0 aromatic heterocycles. The van der Waals surface area contributed by atoms with Gasteiger partial charge < -0.3 is 5.32 Å². The Morgan fingerprint density at radius 3 is 2.38 bits per heavy atom. The summed E-state index contributed by atoms with van der Waals surface area (Å²) in [7, 11) is 0. The molecule has 2 rings (SSSR count). The van der Waals surface area contributed by atoms with E-state index >= 15 is 0 Å². The van der Waals surface area contributed by atoms with Crippen molar-refractivity contribution in [2.45, 2.75) is 64.8 Å². The summed E-state index contributed by atoms with van der Waals surface area (Å²) in [5.74, 6) is 0.768. The first kappa shape index (κ1) is 17.5. The molecular formula is C18H27Br2N. The molecule has 1 aliphatic carbocycles. The molecule has 1 N–H and O–H groups in total. The fraction of sp³-hybridized carbons (Fsp3) is 0.667. The third-order valence-electron chi connectivity index (χ3n) is 4.60. The van der Waals surface area contributed by atoms with Crippen LogP contribution in [0.5, 0.6) is 0 Å². The van der Waals surface area contributed by atoms with Gasteiger partial charge in [0.15, 0.2) is 0 Å². The van der Waals surface area contributed by atoms with Crippen LogP contribution in [0.3, 0.4) is 0 Å². The predicted octanol–water partition coefficient (Wildman–Crippen LogP) is 6.53. The molecule has 1 aliphatic rings. The Balaban J connectivity index is 2.27. The molecule has 21 heavy (non-hydrogen) atoms. The Bertz CT molecular complexity index is 451. The maximum atomic E-state index is 3.82. The number of benzene rings is 1. The van der Waals surface area contributed by atoms with E-state index in [9.17, 15) is 0 Å². The molecule has 1 atom stereocenters. The van der Waals surface area contributed by atoms with Crippen LogP contribution >= 0.6 is 31.9 Å². The first-order chi connectivity index (χ1) is 10.1. The van der Waals surface area contributed by atoms with Crippen LogP contribution in [0, 0.1) is 12.8 Å². The smallest absolute Gasteiger partial charge is 0.0360 e. The van der Waals surface area contributed by atoms with Crippen LogP contribution in [0.2, 0.25) is 0 Å². The molecule has 0 aliphatic heterocycles. The van der Waals surface area contributed by atoms with E-state index in [1.807, 2.05) is 0 Å². The molecule has 3 heteroatoms. The topological polar surface area (TPSA) is 12.0 Å². The third-order valence-corrected chi connectivity index (χ3v) is 6.14. The van der Waals surface area contributed by atoms with E-state index in [4.69, 9.17) is 0 Å². The van der Waals surface area contributed by atoms with Crippen LogP contribution in [-0.2, 0) is 0 Å². The summed E-state index contributed by atoms with van der Waals surface area (Å²) >= 11 is 7.51. The molecule has 0 spiro atoms. The minimum atomic E-state index is 0.481. The van der Waals surface area contributed by atoms with E-state index in [-0.39, 0.29) is 0 Å². The van der Waals surface area contributed by atoms with Gasteiger partial charge in [-0.2, -0.15) is 0 Å². The normalized spacial score (nSPS) is 18.5. The molecule has 0 radical (unpaired) electrons. The summed E-state index contributed by atoms with van der Waals surface area (Å²) in [6.07, 6.45) is 9.51. The predicted molar refractivity (Wildman–Crippen MR) is 98.8 cm³/mol. The van der Waals surface area contributed by atoms with Crippen LogP contribution in [0.1, 0.15) is 69.0 Å². The minimum Gasteiger partial charge on any atom is -0.310 e. The second-order valence-electron chi connectivity index (χ2n) is 6.31. The molecule has 1 saturated carbocycles. The number of nitrogens with one attached hydrogen (secondary N) is 1. The molecule has 0 bridgehead atoms. The highest BCUT2D eigenvalue weighted by Crippen LogP contribution is 2.38. The molecule has 1 aromatic carbocycles. The zero-order chi connectivity index (χ0) is 15.2. The van der Waals surface area contributed by atoms with Crippen LogP contribution < -0.4 is 5.32 Å². The van der Waals surface area contributed by atoms with Crippen LogP contribution in [-0.4, -0.2) is 6.54 Å². The number of aryl methyl sites for hydroxylation is 1. The number of hydrogen-bond donors (Lipinski definition) is 1. The minimum absolute atomic E-state index is 0.481. The van der Waals surface area contributed by atoms with Gasteiger partial charge in [0.05, 0.1) is 0 Å². The monoisotopic (exact) mass is 415 g/mol. The molecule has 1 nitrogen and oxygen atoms in total. The SMILES string of the molecule is CCCNC(c1cc(Br)c(C)cc1Br)C1CCCCCC1. The van der Waals surface area contributed by atoms with Gasteiger partial charge in [-0.3, -0.25) is 0 Å². The molecule has 0 saturated heterocycles. The van der Waals surface area contributed by atoms with Gasteiger partial charge in [0.25, 0.3) is 0 Å². The summed E-state index contributed by atoms with van der Waals surface area (Å²) in [6.45, 7) is 5.50. The van der Waals surface area contributed by atoms with Crippen molar-refractivity contribution >= 4 is 31.9 Å². The zero-order valence-corrected chi connectivity index (χ0v) is 16.4. The average molecular weight is 417 g/mol. The molecule has 118 valence electrons. The lowest BCUT2D eigenvalue weighted by atomic mass is 9.86. The van der Waals surface area contributed by atoms with E-state index in [0.29, 0.717) is 6.04 Å². The second-order valence-corrected chi connectivity index (χ2v) is 8.02. The van der Waals surface area contributed by atoms with Crippen molar-refractivity contribution in [3.63, 3.8) is 0 Å². The van der Waals surface area contributed by atoms with E-state index in [2.05, 4.69) is 63.2 Å². The van der Waals surface area contributed by atoms with Crippen molar-refractivity contribution in [3.8, 4) is 0 Å². The summed E-state index contributed by atoms with van der Waals surface area (Å²) in [5.41, 5.74) is 2.72. The van der Waals surface area contributed by atoms with Crippen molar-refractivity contribution in [2.24, 2.45) is 5.92 Å². The van der Waals surface area contributed by atoms with Crippen molar-refractivity contribution in [3.05, 3.63) is 32.2 Å². The molecular weight excluding hydrogens is 390 g/mol. The highest BCUT2D eigenvalue weighted by molar-refractivity contribution is 9.11. The third kappa shape index (κ3) is 4.80. The standard InChI is InChI=1S/C18H27Br2N/c1-3-10-21-18(14-8-6-4-5-7-9-14)15-12-16(19)13(2)11-17(15)20/h11-12,14,18,21H,3-10H2,1-2H3. The van der Waals surface area contributed by atoms with Crippen molar-refractivity contribution in [1.82, 2.24) is 5.32 Å². The Morgan fingerprint density at radius 2 is 1.76 bits per heavy atom. The quantitative estimate of drug-likeness (QED) is 0.537. The Morgan fingerprint density at radius 1 is 1.10 bits per heavy atom. The van der Waals surface area contributed by atoms with E-state index in [1.54, 1.807) is 0 Å². The first-order valence-corrected chi connectivity index (χ1v) is 9.91. The molecule has 1 aromatic rings. The van der Waals surface area contributed by atoms with Crippen molar-refractivity contribution in [2.75, 3.05) is 6.54 Å². The first-order valence-electron chi connectivity index (χ1n) is 8.32. The van der Waals surface area contributed by atoms with Gasteiger partial charge in [-0.25, -0.2) is 0 Å². The van der Waals surface area contributed by atoms with Gasteiger partial charge >= 0.3 is 0 Å². The molecule has 0 amide bonds. The Kier molecular flexibility index (Phi) is 7.24. The van der Waals surface area contributed by atoms with Crippen LogP contribution in [0.4, 0.5) is 0 Å². The highest BCUT2D eigenvalue weighted by Gasteiger charge is 2.25. The number of hydrogen-bond acceptors (Lipinski definition) is 1. The summed E-state index contributed by atoms with van der Waals surface area (Å²) in [4.78, 5) is 0. The summed E-state index contributed by atoms with van der Waals surface area (Å²) < 4.78 is 2.47. The average Bonchev–Trinajstić information content (AvgIpc) is 2.74. The molecule has 1 unspecified atom stereocenters. The lowest BCUT2D eigenvalue weighted by molar-refractivity contribution is 0.325. The summed E-state index contributed by atoms with van der Waals surface area (Å²) in [5, 5.41) is 3.82. The van der Waals surface area contributed by atoms with Crippen LogP contribution in [0.25, 0.3) is 0 Å². The van der Waals surface area contributed by atoms with Gasteiger partial charge in [0, 0.05) is 15.0 Å². The maximum Gasteiger partial charge on any atom is 0.0360 e. The zero-order valence-electron chi connectivity index (χ0n) is 13.2. The lowest BCUT2D eigenvalue weighted by Crippen LogP contribution is -2.29. The number of rotatable bonds is 5. The fourth-order valence-electron chi connectivity index (χ4n) is 3.37. The second kappa shape index (κ2) is 8.69. The lowest BCUT2D eigenvalue weighted by Gasteiger charge is -2.29. The number of halogens is 2. The van der Waals surface area contributed by atoms with E-state index < -0.39 is 0 Å². The van der Waals surface area contributed by atoms with Crippen LogP contribution in [0.15, 0.2) is 21.1 Å². The Labute approximate surface area is 146 Å². The maximum absolute atomic E-state index is 3.82. The van der Waals surface area contributed by atoms with E-state index in [1.165, 1.54) is 65.0 Å². The van der Waals surface area contributed by atoms with Crippen molar-refractivity contribution < 1.29 is 0 Å². The van der Waals surface area contributed by atoms with Gasteiger partial charge in [-0.05, 0) is 61.9 Å². The van der Waals surface area contributed by atoms with E-state index in [0.717, 1.165) is 12.5 Å². The molecule has 0 heterocycles. The van der Waals surface area contributed by atoms with Gasteiger partial charge in [0.2, 0.25) is 0 Å². The largest absolute Gasteiger partial charge is 0.310 e. The highest BCUT2D eigenvalue weighted by atomic mass is 79.9. The van der Waals surface area contributed by atoms with Gasteiger partial charge in [0.1, 0.15) is 0 Å². The van der Waals surface area contributed by atoms with Gasteiger partial charge in [-0.15, -0.1) is 0 Å².